The second kappa shape index (κ2) is 9.60. The molecule has 1 N–H and O–H groups in total. The van der Waals surface area contributed by atoms with Crippen LogP contribution in [0.3, 0.4) is 0 Å². The van der Waals surface area contributed by atoms with Gasteiger partial charge in [0.15, 0.2) is 0 Å². The zero-order chi connectivity index (χ0) is 24.5. The maximum Gasteiger partial charge on any atom is 0.247 e. The first-order chi connectivity index (χ1) is 17.0. The number of rotatable bonds is 6. The Morgan fingerprint density at radius 2 is 1.69 bits per heavy atom. The largest absolute Gasteiger partial charge is 0.322 e. The maximum atomic E-state index is 13.8. The highest BCUT2D eigenvalue weighted by Gasteiger charge is 2.58. The standard InChI is InChI=1S/C28H24BrN3O3/c1-2-24(33)30-23-14-13-19(29)15-21(23)26-25-22(17-31(26)16-18-9-5-3-6-10-18)27(34)32(28(25)35)20-11-7-4-8-12-20/h2-15,22,25-26H,1,16-17H2,(H,30,33)/t22-,25-,26?/m0/s1. The van der Waals surface area contributed by atoms with Crippen LogP contribution in [0, 0.1) is 11.8 Å². The summed E-state index contributed by atoms with van der Waals surface area (Å²) >= 11 is 3.55. The van der Waals surface area contributed by atoms with E-state index < -0.39 is 17.9 Å². The molecule has 0 spiro atoms. The predicted molar refractivity (Wildman–Crippen MR) is 138 cm³/mol. The number of nitrogens with zero attached hydrogens (tertiary/aromatic N) is 2. The molecule has 176 valence electrons. The van der Waals surface area contributed by atoms with Crippen molar-refractivity contribution in [3.8, 4) is 0 Å². The zero-order valence-corrected chi connectivity index (χ0v) is 20.5. The van der Waals surface area contributed by atoms with Crippen LogP contribution in [0.4, 0.5) is 11.4 Å². The summed E-state index contributed by atoms with van der Waals surface area (Å²) in [7, 11) is 0. The highest BCUT2D eigenvalue weighted by atomic mass is 79.9. The fourth-order valence-corrected chi connectivity index (χ4v) is 5.55. The molecule has 3 amide bonds. The monoisotopic (exact) mass is 529 g/mol. The topological polar surface area (TPSA) is 69.7 Å². The van der Waals surface area contributed by atoms with E-state index in [9.17, 15) is 14.4 Å². The fraction of sp³-hybridized carbons (Fsp3) is 0.179. The normalized spacial score (nSPS) is 21.7. The Labute approximate surface area is 212 Å². The number of carbonyl (C=O) groups is 3. The molecule has 2 heterocycles. The van der Waals surface area contributed by atoms with Crippen LogP contribution in [0.15, 0.2) is 96.0 Å². The van der Waals surface area contributed by atoms with Crippen molar-refractivity contribution in [1.29, 1.82) is 0 Å². The van der Waals surface area contributed by atoms with Gasteiger partial charge in [0.1, 0.15) is 0 Å². The summed E-state index contributed by atoms with van der Waals surface area (Å²) in [6, 6.07) is 24.2. The SMILES string of the molecule is C=CC(=O)Nc1ccc(Br)cc1C1[C@H]2C(=O)N(c3ccccc3)C(=O)[C@H]2CN1Cc1ccccc1. The molecule has 6 nitrogen and oxygen atoms in total. The van der Waals surface area contributed by atoms with E-state index in [1.165, 1.54) is 11.0 Å². The smallest absolute Gasteiger partial charge is 0.247 e. The van der Waals surface area contributed by atoms with Crippen molar-refractivity contribution in [2.75, 3.05) is 16.8 Å². The van der Waals surface area contributed by atoms with Gasteiger partial charge >= 0.3 is 0 Å². The van der Waals surface area contributed by atoms with Crippen molar-refractivity contribution in [3.05, 3.63) is 107 Å². The van der Waals surface area contributed by atoms with Gasteiger partial charge in [-0.25, -0.2) is 4.90 Å². The van der Waals surface area contributed by atoms with Gasteiger partial charge < -0.3 is 5.32 Å². The fourth-order valence-electron chi connectivity index (χ4n) is 5.17. The van der Waals surface area contributed by atoms with E-state index in [2.05, 4.69) is 32.7 Å². The number of imide groups is 1. The first-order valence-corrected chi connectivity index (χ1v) is 12.2. The minimum absolute atomic E-state index is 0.182. The molecule has 0 aromatic heterocycles. The molecule has 5 rings (SSSR count). The van der Waals surface area contributed by atoms with Gasteiger partial charge in [-0.3, -0.25) is 19.3 Å². The number of nitrogens with one attached hydrogen (secondary N) is 1. The van der Waals surface area contributed by atoms with Gasteiger partial charge in [-0.2, -0.15) is 0 Å². The second-order valence-electron chi connectivity index (χ2n) is 8.76. The summed E-state index contributed by atoms with van der Waals surface area (Å²) < 4.78 is 0.823. The minimum atomic E-state index is -0.569. The lowest BCUT2D eigenvalue weighted by Crippen LogP contribution is -2.37. The molecule has 3 atom stereocenters. The average molecular weight is 530 g/mol. The Kier molecular flexibility index (Phi) is 6.36. The Bertz CT molecular complexity index is 1300. The van der Waals surface area contributed by atoms with Gasteiger partial charge in [0.05, 0.1) is 17.5 Å². The van der Waals surface area contributed by atoms with Gasteiger partial charge in [0.2, 0.25) is 17.7 Å². The summed E-state index contributed by atoms with van der Waals surface area (Å²) in [5.41, 5.74) is 3.05. The lowest BCUT2D eigenvalue weighted by molar-refractivity contribution is -0.123. The molecule has 2 aliphatic heterocycles. The molecule has 35 heavy (non-hydrogen) atoms. The number of fused-ring (bicyclic) bond motifs is 1. The molecule has 3 aromatic carbocycles. The highest BCUT2D eigenvalue weighted by Crippen LogP contribution is 2.49. The number of carbonyl (C=O) groups excluding carboxylic acids is 3. The van der Waals surface area contributed by atoms with E-state index in [4.69, 9.17) is 0 Å². The van der Waals surface area contributed by atoms with Gasteiger partial charge in [0, 0.05) is 29.3 Å². The van der Waals surface area contributed by atoms with Crippen LogP contribution in [0.1, 0.15) is 17.2 Å². The number of halogens is 1. The van der Waals surface area contributed by atoms with Crippen molar-refractivity contribution >= 4 is 45.0 Å². The van der Waals surface area contributed by atoms with E-state index in [-0.39, 0.29) is 17.7 Å². The van der Waals surface area contributed by atoms with Crippen molar-refractivity contribution in [1.82, 2.24) is 4.90 Å². The molecule has 7 heteroatoms. The summed E-state index contributed by atoms with van der Waals surface area (Å²) in [5.74, 6) is -1.78. The number of hydrogen-bond acceptors (Lipinski definition) is 4. The average Bonchev–Trinajstić information content (AvgIpc) is 3.35. The quantitative estimate of drug-likeness (QED) is 0.362. The summed E-state index contributed by atoms with van der Waals surface area (Å²) in [4.78, 5) is 43.1. The molecule has 1 unspecified atom stereocenters. The number of likely N-dealkylation sites (tertiary alicyclic amines) is 1. The van der Waals surface area contributed by atoms with E-state index in [1.54, 1.807) is 12.1 Å². The third kappa shape index (κ3) is 4.33. The molecular weight excluding hydrogens is 506 g/mol. The van der Waals surface area contributed by atoms with Gasteiger partial charge in [-0.15, -0.1) is 0 Å². The maximum absolute atomic E-state index is 13.8. The van der Waals surface area contributed by atoms with Crippen molar-refractivity contribution < 1.29 is 14.4 Å². The van der Waals surface area contributed by atoms with Crippen LogP contribution in [-0.4, -0.2) is 29.2 Å². The number of benzene rings is 3. The Hall–Kier alpha value is -3.55. The molecule has 3 aromatic rings. The summed E-state index contributed by atoms with van der Waals surface area (Å²) in [5, 5.41) is 2.88. The zero-order valence-electron chi connectivity index (χ0n) is 18.9. The Balaban J connectivity index is 1.60. The highest BCUT2D eigenvalue weighted by molar-refractivity contribution is 9.10. The van der Waals surface area contributed by atoms with Gasteiger partial charge in [-0.05, 0) is 47.5 Å². The number of anilines is 2. The first kappa shape index (κ1) is 23.2. The van der Waals surface area contributed by atoms with Crippen LogP contribution < -0.4 is 10.2 Å². The van der Waals surface area contributed by atoms with Crippen molar-refractivity contribution in [3.63, 3.8) is 0 Å². The molecule has 0 radical (unpaired) electrons. The van der Waals surface area contributed by atoms with E-state index in [0.29, 0.717) is 24.5 Å². The minimum Gasteiger partial charge on any atom is -0.322 e. The van der Waals surface area contributed by atoms with Crippen LogP contribution >= 0.6 is 15.9 Å². The predicted octanol–water partition coefficient (Wildman–Crippen LogP) is 4.94. The van der Waals surface area contributed by atoms with Crippen molar-refractivity contribution in [2.45, 2.75) is 12.6 Å². The molecule has 2 aliphatic rings. The lowest BCUT2D eigenvalue weighted by atomic mass is 9.88. The molecule has 0 bridgehead atoms. The molecule has 2 saturated heterocycles. The molecule has 2 fully saturated rings. The third-order valence-corrected chi connectivity index (χ3v) is 7.15. The molecular formula is C28H24BrN3O3. The van der Waals surface area contributed by atoms with Crippen molar-refractivity contribution in [2.24, 2.45) is 11.8 Å². The van der Waals surface area contributed by atoms with E-state index in [1.807, 2.05) is 66.7 Å². The first-order valence-electron chi connectivity index (χ1n) is 11.4. The number of hydrogen-bond donors (Lipinski definition) is 1. The second-order valence-corrected chi connectivity index (χ2v) is 9.68. The van der Waals surface area contributed by atoms with Crippen LogP contribution in [0.2, 0.25) is 0 Å². The molecule has 0 aliphatic carbocycles. The van der Waals surface area contributed by atoms with Gasteiger partial charge in [0.25, 0.3) is 0 Å². The molecule has 0 saturated carbocycles. The Morgan fingerprint density at radius 3 is 2.37 bits per heavy atom. The third-order valence-electron chi connectivity index (χ3n) is 6.66. The van der Waals surface area contributed by atoms with E-state index in [0.717, 1.165) is 15.6 Å². The summed E-state index contributed by atoms with van der Waals surface area (Å²) in [6.07, 6.45) is 1.21. The van der Waals surface area contributed by atoms with Crippen LogP contribution in [-0.2, 0) is 20.9 Å². The number of amides is 3. The van der Waals surface area contributed by atoms with Crippen LogP contribution in [0.25, 0.3) is 0 Å². The Morgan fingerprint density at radius 1 is 1.00 bits per heavy atom. The van der Waals surface area contributed by atoms with Crippen LogP contribution in [0.5, 0.6) is 0 Å². The summed E-state index contributed by atoms with van der Waals surface area (Å²) in [6.45, 7) is 4.57. The lowest BCUT2D eigenvalue weighted by Gasteiger charge is -2.30. The van der Waals surface area contributed by atoms with E-state index >= 15 is 0 Å². The van der Waals surface area contributed by atoms with Gasteiger partial charge in [-0.1, -0.05) is 71.0 Å². The number of para-hydroxylation sites is 1.